The Balaban J connectivity index is 1.71. The lowest BCUT2D eigenvalue weighted by atomic mass is 9.80. The summed E-state index contributed by atoms with van der Waals surface area (Å²) < 4.78 is 55.8. The standard InChI is InChI=1S/C31H26F4N6O2/c1-3-40-29-26(24(17-39(2)18-36)38-41(29)23-10-5-4-6-11-23)25(19-12-14-22(32)15-13-19)27(30(40)43)37-28(42)20-8-7-9-21(16-20)31(33,34)35/h4-16,25,27H,3,17H2,1-2H3,(H,37,42)/t25-,27-/m1/s1. The van der Waals surface area contributed by atoms with Crippen LogP contribution in [0.1, 0.15) is 45.6 Å². The molecule has 4 aromatic rings. The number of benzene rings is 3. The number of nitriles is 1. The molecule has 3 aromatic carbocycles. The van der Waals surface area contributed by atoms with E-state index in [2.05, 4.69) is 5.32 Å². The molecule has 0 radical (unpaired) electrons. The summed E-state index contributed by atoms with van der Waals surface area (Å²) in [5.74, 6) is -2.43. The lowest BCUT2D eigenvalue weighted by Crippen LogP contribution is -2.55. The zero-order valence-electron chi connectivity index (χ0n) is 23.1. The molecule has 2 heterocycles. The maximum absolute atomic E-state index is 14.2. The normalized spacial score (nSPS) is 16.4. The molecular weight excluding hydrogens is 564 g/mol. The Labute approximate surface area is 244 Å². The van der Waals surface area contributed by atoms with Crippen LogP contribution in [0.25, 0.3) is 5.69 Å². The Hall–Kier alpha value is -5.18. The van der Waals surface area contributed by atoms with Crippen molar-refractivity contribution >= 4 is 17.6 Å². The molecule has 0 fully saturated rings. The van der Waals surface area contributed by atoms with E-state index in [-0.39, 0.29) is 18.7 Å². The molecule has 1 aliphatic rings. The Morgan fingerprint density at radius 2 is 1.77 bits per heavy atom. The minimum absolute atomic E-state index is 0.0520. The van der Waals surface area contributed by atoms with E-state index in [0.29, 0.717) is 28.3 Å². The number of carbonyl (C=O) groups is 2. The summed E-state index contributed by atoms with van der Waals surface area (Å²) in [4.78, 5) is 30.4. The average Bonchev–Trinajstić information content (AvgIpc) is 3.36. The van der Waals surface area contributed by atoms with E-state index in [4.69, 9.17) is 5.10 Å². The van der Waals surface area contributed by atoms with Gasteiger partial charge in [0, 0.05) is 30.6 Å². The molecule has 12 heteroatoms. The highest BCUT2D eigenvalue weighted by Gasteiger charge is 2.46. The zero-order chi connectivity index (χ0) is 30.9. The number of rotatable bonds is 7. The molecule has 1 aliphatic heterocycles. The van der Waals surface area contributed by atoms with Crippen LogP contribution < -0.4 is 10.2 Å². The first-order chi connectivity index (χ1) is 20.5. The van der Waals surface area contributed by atoms with Crippen molar-refractivity contribution in [3.8, 4) is 11.9 Å². The predicted octanol–water partition coefficient (Wildman–Crippen LogP) is 5.24. The van der Waals surface area contributed by atoms with Crippen LogP contribution in [-0.2, 0) is 17.5 Å². The number of fused-ring (bicyclic) bond motifs is 1. The molecule has 2 amide bonds. The number of nitrogens with one attached hydrogen (secondary N) is 1. The van der Waals surface area contributed by atoms with Gasteiger partial charge in [-0.05, 0) is 55.0 Å². The SMILES string of the molecule is CCN1C(=O)[C@H](NC(=O)c2cccc(C(F)(F)F)c2)[C@H](c2ccc(F)cc2)c2c(CN(C)C#N)nn(-c3ccccc3)c21. The molecule has 0 spiro atoms. The molecule has 1 N–H and O–H groups in total. The lowest BCUT2D eigenvalue weighted by molar-refractivity contribution is -0.137. The molecule has 1 aromatic heterocycles. The number of nitrogens with zero attached hydrogens (tertiary/aromatic N) is 5. The van der Waals surface area contributed by atoms with Gasteiger partial charge in [-0.2, -0.15) is 23.5 Å². The third-order valence-corrected chi connectivity index (χ3v) is 7.25. The number of halogens is 4. The number of aromatic nitrogens is 2. The highest BCUT2D eigenvalue weighted by molar-refractivity contribution is 6.05. The smallest absolute Gasteiger partial charge is 0.339 e. The van der Waals surface area contributed by atoms with E-state index in [9.17, 15) is 32.4 Å². The van der Waals surface area contributed by atoms with Gasteiger partial charge in [0.25, 0.3) is 11.8 Å². The minimum Gasteiger partial charge on any atom is -0.339 e. The van der Waals surface area contributed by atoms with Gasteiger partial charge in [-0.3, -0.25) is 14.5 Å². The molecule has 43 heavy (non-hydrogen) atoms. The van der Waals surface area contributed by atoms with Crippen LogP contribution >= 0.6 is 0 Å². The maximum Gasteiger partial charge on any atom is 0.416 e. The second kappa shape index (κ2) is 11.6. The van der Waals surface area contributed by atoms with E-state index < -0.39 is 41.3 Å². The first-order valence-corrected chi connectivity index (χ1v) is 13.4. The monoisotopic (exact) mass is 590 g/mol. The fraction of sp³-hybridized carbons (Fsp3) is 0.226. The molecule has 0 unspecified atom stereocenters. The van der Waals surface area contributed by atoms with Gasteiger partial charge in [-0.15, -0.1) is 0 Å². The van der Waals surface area contributed by atoms with Crippen molar-refractivity contribution in [2.75, 3.05) is 18.5 Å². The van der Waals surface area contributed by atoms with Crippen LogP contribution in [-0.4, -0.2) is 46.1 Å². The van der Waals surface area contributed by atoms with Gasteiger partial charge in [0.15, 0.2) is 6.19 Å². The molecule has 0 saturated carbocycles. The van der Waals surface area contributed by atoms with Crippen molar-refractivity contribution in [2.24, 2.45) is 0 Å². The van der Waals surface area contributed by atoms with Crippen LogP contribution in [0.5, 0.6) is 0 Å². The van der Waals surface area contributed by atoms with Crippen molar-refractivity contribution in [2.45, 2.75) is 31.6 Å². The topological polar surface area (TPSA) is 94.3 Å². The van der Waals surface area contributed by atoms with Crippen molar-refractivity contribution < 1.29 is 27.2 Å². The van der Waals surface area contributed by atoms with E-state index in [0.717, 1.165) is 18.2 Å². The highest BCUT2D eigenvalue weighted by Crippen LogP contribution is 2.44. The number of anilines is 1. The van der Waals surface area contributed by atoms with Crippen LogP contribution in [0.3, 0.4) is 0 Å². The summed E-state index contributed by atoms with van der Waals surface area (Å²) in [5, 5.41) is 17.0. The second-order valence-electron chi connectivity index (χ2n) is 10.0. The van der Waals surface area contributed by atoms with Crippen molar-refractivity contribution in [3.63, 3.8) is 0 Å². The Kier molecular flexibility index (Phi) is 7.91. The number of carbonyl (C=O) groups excluding carboxylic acids is 2. The first kappa shape index (κ1) is 29.3. The molecule has 220 valence electrons. The highest BCUT2D eigenvalue weighted by atomic mass is 19.4. The van der Waals surface area contributed by atoms with Gasteiger partial charge in [0.1, 0.15) is 17.7 Å². The molecule has 0 bridgehead atoms. The molecule has 0 aliphatic carbocycles. The summed E-state index contributed by atoms with van der Waals surface area (Å²) in [6.45, 7) is 1.97. The maximum atomic E-state index is 14.2. The molecule has 2 atom stereocenters. The Morgan fingerprint density at radius 3 is 2.40 bits per heavy atom. The Morgan fingerprint density at radius 1 is 1.07 bits per heavy atom. The average molecular weight is 591 g/mol. The van der Waals surface area contributed by atoms with Gasteiger partial charge in [0.2, 0.25) is 0 Å². The van der Waals surface area contributed by atoms with E-state index in [1.807, 2.05) is 12.3 Å². The number of amides is 2. The summed E-state index contributed by atoms with van der Waals surface area (Å²) in [6, 6.07) is 17.1. The summed E-state index contributed by atoms with van der Waals surface area (Å²) in [5.41, 5.74) is 0.775. The van der Waals surface area contributed by atoms with Gasteiger partial charge >= 0.3 is 6.18 Å². The quantitative estimate of drug-likeness (QED) is 0.181. The fourth-order valence-corrected chi connectivity index (χ4v) is 5.29. The van der Waals surface area contributed by atoms with Crippen molar-refractivity contribution in [1.29, 1.82) is 5.26 Å². The van der Waals surface area contributed by atoms with Gasteiger partial charge in [-0.25, -0.2) is 9.07 Å². The third-order valence-electron chi connectivity index (χ3n) is 7.25. The lowest BCUT2D eigenvalue weighted by Gasteiger charge is -2.38. The van der Waals surface area contributed by atoms with E-state index >= 15 is 0 Å². The van der Waals surface area contributed by atoms with Crippen molar-refractivity contribution in [1.82, 2.24) is 20.0 Å². The minimum atomic E-state index is -4.67. The third kappa shape index (κ3) is 5.66. The van der Waals surface area contributed by atoms with Crippen LogP contribution in [0.15, 0.2) is 78.9 Å². The summed E-state index contributed by atoms with van der Waals surface area (Å²) in [6.07, 6.45) is -2.63. The second-order valence-corrected chi connectivity index (χ2v) is 10.0. The first-order valence-electron chi connectivity index (χ1n) is 13.4. The fourth-order valence-electron chi connectivity index (χ4n) is 5.29. The molecule has 8 nitrogen and oxygen atoms in total. The zero-order valence-corrected chi connectivity index (χ0v) is 23.1. The molecule has 0 saturated heterocycles. The number of para-hydroxylation sites is 1. The number of hydrogen-bond acceptors (Lipinski definition) is 5. The number of alkyl halides is 3. The summed E-state index contributed by atoms with van der Waals surface area (Å²) in [7, 11) is 1.57. The van der Waals surface area contributed by atoms with Gasteiger partial charge in [-0.1, -0.05) is 36.4 Å². The van der Waals surface area contributed by atoms with E-state index in [1.165, 1.54) is 40.1 Å². The summed E-state index contributed by atoms with van der Waals surface area (Å²) >= 11 is 0. The van der Waals surface area contributed by atoms with E-state index in [1.54, 1.807) is 42.9 Å². The molecule has 5 rings (SSSR count). The van der Waals surface area contributed by atoms with Gasteiger partial charge < -0.3 is 10.2 Å². The van der Waals surface area contributed by atoms with Crippen LogP contribution in [0.4, 0.5) is 23.4 Å². The van der Waals surface area contributed by atoms with Crippen LogP contribution in [0, 0.1) is 17.3 Å². The van der Waals surface area contributed by atoms with Crippen LogP contribution in [0.2, 0.25) is 0 Å². The van der Waals surface area contributed by atoms with Gasteiger partial charge in [0.05, 0.1) is 23.5 Å². The Bertz CT molecular complexity index is 1700. The van der Waals surface area contributed by atoms with Crippen molar-refractivity contribution in [3.05, 3.63) is 113 Å². The largest absolute Gasteiger partial charge is 0.416 e. The molecular formula is C31H26F4N6O2. The number of likely N-dealkylation sites (N-methyl/N-ethyl adjacent to an activating group) is 1. The number of hydrogen-bond donors (Lipinski definition) is 1. The predicted molar refractivity (Wildman–Crippen MR) is 150 cm³/mol.